The Bertz CT molecular complexity index is 1100. The molecule has 0 unspecified atom stereocenters. The summed E-state index contributed by atoms with van der Waals surface area (Å²) in [6, 6.07) is 5.39. The number of hydrogen-bond donors (Lipinski definition) is 2. The molecule has 8 heteroatoms. The maximum Gasteiger partial charge on any atom is 0.277 e. The highest BCUT2D eigenvalue weighted by Gasteiger charge is 2.18. The van der Waals surface area contributed by atoms with Gasteiger partial charge < -0.3 is 15.0 Å². The highest BCUT2D eigenvalue weighted by Crippen LogP contribution is 2.31. The Balaban J connectivity index is 2.13. The van der Waals surface area contributed by atoms with E-state index in [0.717, 1.165) is 31.4 Å². The van der Waals surface area contributed by atoms with Gasteiger partial charge in [0.1, 0.15) is 17.1 Å². The van der Waals surface area contributed by atoms with Crippen LogP contribution in [0.4, 0.5) is 5.69 Å². The van der Waals surface area contributed by atoms with Gasteiger partial charge in [-0.1, -0.05) is 27.2 Å². The van der Waals surface area contributed by atoms with E-state index in [-0.39, 0.29) is 11.5 Å². The van der Waals surface area contributed by atoms with Gasteiger partial charge in [0, 0.05) is 19.2 Å². The Morgan fingerprint density at radius 3 is 2.70 bits per heavy atom. The maximum absolute atomic E-state index is 12.8. The molecule has 2 heterocycles. The molecule has 0 saturated heterocycles. The minimum atomic E-state index is -0.255. The molecule has 8 nitrogen and oxygen atoms in total. The number of carbonyl (C=O) groups is 1. The van der Waals surface area contributed by atoms with Gasteiger partial charge in [-0.2, -0.15) is 5.10 Å². The van der Waals surface area contributed by atoms with Crippen molar-refractivity contribution in [1.82, 2.24) is 19.7 Å². The summed E-state index contributed by atoms with van der Waals surface area (Å²) < 4.78 is 7.46. The lowest BCUT2D eigenvalue weighted by Crippen LogP contribution is -2.13. The summed E-state index contributed by atoms with van der Waals surface area (Å²) in [5, 5.41) is 7.36. The minimum Gasteiger partial charge on any atom is -0.493 e. The molecule has 1 amide bonds. The third-order valence-corrected chi connectivity index (χ3v) is 4.71. The molecular weight excluding hydrogens is 382 g/mol. The Labute approximate surface area is 175 Å². The summed E-state index contributed by atoms with van der Waals surface area (Å²) in [6.45, 7) is 6.58. The van der Waals surface area contributed by atoms with E-state index in [0.29, 0.717) is 46.9 Å². The summed E-state index contributed by atoms with van der Waals surface area (Å²) >= 11 is 0. The molecule has 0 atom stereocenters. The van der Waals surface area contributed by atoms with Gasteiger partial charge in [-0.25, -0.2) is 4.98 Å². The summed E-state index contributed by atoms with van der Waals surface area (Å²) in [6.07, 6.45) is 3.70. The number of nitrogens with zero attached hydrogens (tertiary/aromatic N) is 3. The van der Waals surface area contributed by atoms with Crippen LogP contribution in [-0.4, -0.2) is 32.3 Å². The van der Waals surface area contributed by atoms with Crippen LogP contribution >= 0.6 is 0 Å². The zero-order valence-electron chi connectivity index (χ0n) is 18.0. The average molecular weight is 412 g/mol. The SMILES string of the molecule is CCCOc1ccc(NC(=O)CCC)cc1-c1nc2c(CCC)nn(C)c2c(=O)[nH]1. The van der Waals surface area contributed by atoms with Crippen LogP contribution in [0.1, 0.15) is 52.1 Å². The number of aryl methyl sites for hydroxylation is 2. The zero-order chi connectivity index (χ0) is 21.7. The lowest BCUT2D eigenvalue weighted by molar-refractivity contribution is -0.116. The molecule has 0 bridgehead atoms. The molecule has 0 fully saturated rings. The van der Waals surface area contributed by atoms with Crippen LogP contribution in [-0.2, 0) is 18.3 Å². The number of aromatic nitrogens is 4. The van der Waals surface area contributed by atoms with E-state index < -0.39 is 0 Å². The number of fused-ring (bicyclic) bond motifs is 1. The van der Waals surface area contributed by atoms with Gasteiger partial charge in [0.05, 0.1) is 17.9 Å². The van der Waals surface area contributed by atoms with Crippen molar-refractivity contribution in [2.24, 2.45) is 7.05 Å². The molecule has 2 aromatic heterocycles. The topological polar surface area (TPSA) is 102 Å². The molecule has 0 aliphatic heterocycles. The largest absolute Gasteiger partial charge is 0.493 e. The third-order valence-electron chi connectivity index (χ3n) is 4.71. The Hall–Kier alpha value is -3.16. The van der Waals surface area contributed by atoms with E-state index in [9.17, 15) is 9.59 Å². The van der Waals surface area contributed by atoms with E-state index in [4.69, 9.17) is 9.72 Å². The smallest absolute Gasteiger partial charge is 0.277 e. The van der Waals surface area contributed by atoms with Crippen molar-refractivity contribution in [2.45, 2.75) is 52.9 Å². The van der Waals surface area contributed by atoms with Gasteiger partial charge in [0.2, 0.25) is 5.91 Å². The van der Waals surface area contributed by atoms with Crippen molar-refractivity contribution in [3.05, 3.63) is 34.2 Å². The molecule has 0 aliphatic carbocycles. The molecule has 3 aromatic rings. The highest BCUT2D eigenvalue weighted by atomic mass is 16.5. The van der Waals surface area contributed by atoms with Crippen molar-refractivity contribution < 1.29 is 9.53 Å². The van der Waals surface area contributed by atoms with Gasteiger partial charge in [0.25, 0.3) is 5.56 Å². The number of benzene rings is 1. The second kappa shape index (κ2) is 9.56. The minimum absolute atomic E-state index is 0.0555. The number of H-pyrrole nitrogens is 1. The predicted octanol–water partition coefficient (Wildman–Crippen LogP) is 3.80. The average Bonchev–Trinajstić information content (AvgIpc) is 3.03. The van der Waals surface area contributed by atoms with Crippen LogP contribution in [0.5, 0.6) is 5.75 Å². The van der Waals surface area contributed by atoms with E-state index in [1.54, 1.807) is 29.9 Å². The molecule has 0 saturated carbocycles. The first-order valence-electron chi connectivity index (χ1n) is 10.5. The van der Waals surface area contributed by atoms with Crippen LogP contribution in [0.2, 0.25) is 0 Å². The third kappa shape index (κ3) is 4.53. The number of nitrogens with one attached hydrogen (secondary N) is 2. The quantitative estimate of drug-likeness (QED) is 0.558. The predicted molar refractivity (Wildman–Crippen MR) is 118 cm³/mol. The van der Waals surface area contributed by atoms with E-state index in [1.165, 1.54) is 0 Å². The lowest BCUT2D eigenvalue weighted by Gasteiger charge is -2.13. The first kappa shape index (κ1) is 21.5. The Morgan fingerprint density at radius 2 is 2.00 bits per heavy atom. The molecule has 3 rings (SSSR count). The molecule has 0 radical (unpaired) electrons. The monoisotopic (exact) mass is 411 g/mol. The first-order valence-corrected chi connectivity index (χ1v) is 10.5. The molecule has 2 N–H and O–H groups in total. The van der Waals surface area contributed by atoms with Gasteiger partial charge in [-0.3, -0.25) is 14.3 Å². The molecule has 0 aliphatic rings. The number of ether oxygens (including phenoxy) is 1. The van der Waals surface area contributed by atoms with Crippen LogP contribution in [0.3, 0.4) is 0 Å². The van der Waals surface area contributed by atoms with E-state index in [1.807, 2.05) is 13.8 Å². The van der Waals surface area contributed by atoms with Crippen molar-refractivity contribution >= 4 is 22.6 Å². The van der Waals surface area contributed by atoms with Crippen LogP contribution in [0, 0.1) is 0 Å². The zero-order valence-corrected chi connectivity index (χ0v) is 18.0. The van der Waals surface area contributed by atoms with E-state index >= 15 is 0 Å². The lowest BCUT2D eigenvalue weighted by atomic mass is 10.1. The van der Waals surface area contributed by atoms with Gasteiger partial charge >= 0.3 is 0 Å². The van der Waals surface area contributed by atoms with Crippen molar-refractivity contribution in [3.8, 4) is 17.1 Å². The van der Waals surface area contributed by atoms with Crippen LogP contribution < -0.4 is 15.6 Å². The second-order valence-corrected chi connectivity index (χ2v) is 7.29. The number of anilines is 1. The Morgan fingerprint density at radius 1 is 1.20 bits per heavy atom. The van der Waals surface area contributed by atoms with Crippen molar-refractivity contribution in [2.75, 3.05) is 11.9 Å². The molecule has 1 aromatic carbocycles. The van der Waals surface area contributed by atoms with Crippen LogP contribution in [0.15, 0.2) is 23.0 Å². The highest BCUT2D eigenvalue weighted by molar-refractivity contribution is 5.92. The number of rotatable bonds is 9. The van der Waals surface area contributed by atoms with Crippen LogP contribution in [0.25, 0.3) is 22.4 Å². The fourth-order valence-corrected chi connectivity index (χ4v) is 3.36. The second-order valence-electron chi connectivity index (χ2n) is 7.29. The fraction of sp³-hybridized carbons (Fsp3) is 0.455. The summed E-state index contributed by atoms with van der Waals surface area (Å²) in [4.78, 5) is 32.5. The van der Waals surface area contributed by atoms with Crippen molar-refractivity contribution in [1.29, 1.82) is 0 Å². The summed E-state index contributed by atoms with van der Waals surface area (Å²) in [5.41, 5.74) is 2.85. The van der Waals surface area contributed by atoms with Crippen molar-refractivity contribution in [3.63, 3.8) is 0 Å². The number of amides is 1. The Kier molecular flexibility index (Phi) is 6.87. The number of aromatic amines is 1. The van der Waals surface area contributed by atoms with Gasteiger partial charge in [-0.05, 0) is 37.5 Å². The molecular formula is C22H29N5O3. The molecule has 0 spiro atoms. The molecule has 30 heavy (non-hydrogen) atoms. The molecule has 160 valence electrons. The van der Waals surface area contributed by atoms with Gasteiger partial charge in [-0.15, -0.1) is 0 Å². The normalized spacial score (nSPS) is 11.1. The maximum atomic E-state index is 12.8. The standard InChI is InChI=1S/C22H29N5O3/c1-5-8-16-19-20(27(4)26-16)22(29)25-21(24-19)15-13-14(23-18(28)9-6-2)10-11-17(15)30-12-7-3/h10-11,13H,5-9,12H2,1-4H3,(H,23,28)(H,24,25,29). The summed E-state index contributed by atoms with van der Waals surface area (Å²) in [5.74, 6) is 0.949. The number of carbonyl (C=O) groups excluding carboxylic acids is 1. The first-order chi connectivity index (χ1) is 14.5. The summed E-state index contributed by atoms with van der Waals surface area (Å²) in [7, 11) is 1.75. The number of hydrogen-bond acceptors (Lipinski definition) is 5. The van der Waals surface area contributed by atoms with Gasteiger partial charge in [0.15, 0.2) is 5.52 Å². The van der Waals surface area contributed by atoms with E-state index in [2.05, 4.69) is 22.3 Å². The fourth-order valence-electron chi connectivity index (χ4n) is 3.36.